The van der Waals surface area contributed by atoms with Crippen LogP contribution in [0.5, 0.6) is 0 Å². The van der Waals surface area contributed by atoms with Crippen LogP contribution in [0, 0.1) is 0 Å². The van der Waals surface area contributed by atoms with Crippen LogP contribution in [0.4, 0.5) is 5.69 Å². The zero-order valence-electron chi connectivity index (χ0n) is 11.6. The maximum absolute atomic E-state index is 11.6. The van der Waals surface area contributed by atoms with Crippen molar-refractivity contribution in [2.75, 3.05) is 16.8 Å². The molecule has 5 nitrogen and oxygen atoms in total. The van der Waals surface area contributed by atoms with Crippen LogP contribution in [0.3, 0.4) is 0 Å². The molecule has 6 heteroatoms. The minimum atomic E-state index is -2.91. The van der Waals surface area contributed by atoms with Gasteiger partial charge in [-0.1, -0.05) is 30.3 Å². The van der Waals surface area contributed by atoms with Crippen molar-refractivity contribution in [3.63, 3.8) is 0 Å². The van der Waals surface area contributed by atoms with Crippen molar-refractivity contribution >= 4 is 15.5 Å². The van der Waals surface area contributed by atoms with Crippen molar-refractivity contribution in [3.8, 4) is 11.4 Å². The number of hydrogen-bond donors (Lipinski definition) is 1. The Morgan fingerprint density at radius 3 is 2.48 bits per heavy atom. The Bertz CT molecular complexity index is 699. The second kappa shape index (κ2) is 5.81. The number of nitrogens with zero attached hydrogens (tertiary/aromatic N) is 2. The number of aromatic nitrogens is 2. The molecule has 2 heterocycles. The van der Waals surface area contributed by atoms with Gasteiger partial charge in [-0.15, -0.1) is 0 Å². The van der Waals surface area contributed by atoms with E-state index in [0.29, 0.717) is 18.0 Å². The molecule has 1 N–H and O–H groups in total. The lowest BCUT2D eigenvalue weighted by atomic mass is 10.2. The third-order valence-corrected chi connectivity index (χ3v) is 5.34. The van der Waals surface area contributed by atoms with Gasteiger partial charge in [0.25, 0.3) is 0 Å². The van der Waals surface area contributed by atoms with Gasteiger partial charge >= 0.3 is 0 Å². The van der Waals surface area contributed by atoms with Crippen molar-refractivity contribution in [3.05, 3.63) is 42.7 Å². The van der Waals surface area contributed by atoms with Gasteiger partial charge < -0.3 is 5.32 Å². The standard InChI is InChI=1S/C15H17N3O2S/c19-21(20)8-4-7-13(11-21)18-14-9-16-15(17-10-14)12-5-2-1-3-6-12/h1-3,5-6,9-10,13,18H,4,7-8,11H2. The molecular weight excluding hydrogens is 286 g/mol. The highest BCUT2D eigenvalue weighted by atomic mass is 32.2. The van der Waals surface area contributed by atoms with E-state index in [0.717, 1.165) is 17.7 Å². The lowest BCUT2D eigenvalue weighted by Gasteiger charge is -2.23. The summed E-state index contributed by atoms with van der Waals surface area (Å²) in [6.07, 6.45) is 4.98. The number of nitrogens with one attached hydrogen (secondary N) is 1. The summed E-state index contributed by atoms with van der Waals surface area (Å²) in [5, 5.41) is 3.21. The maximum atomic E-state index is 11.6. The van der Waals surface area contributed by atoms with Gasteiger partial charge in [-0.25, -0.2) is 18.4 Å². The number of hydrogen-bond acceptors (Lipinski definition) is 5. The van der Waals surface area contributed by atoms with E-state index in [1.165, 1.54) is 0 Å². The van der Waals surface area contributed by atoms with Crippen LogP contribution < -0.4 is 5.32 Å². The van der Waals surface area contributed by atoms with Gasteiger partial charge in [0.1, 0.15) is 0 Å². The molecule has 0 radical (unpaired) electrons. The predicted octanol–water partition coefficient (Wildman–Crippen LogP) is 2.13. The Hall–Kier alpha value is -1.95. The fourth-order valence-corrected chi connectivity index (χ4v) is 4.15. The predicted molar refractivity (Wildman–Crippen MR) is 82.8 cm³/mol. The van der Waals surface area contributed by atoms with Crippen molar-refractivity contribution < 1.29 is 8.42 Å². The summed E-state index contributed by atoms with van der Waals surface area (Å²) in [6, 6.07) is 9.69. The first-order chi connectivity index (χ1) is 10.1. The summed E-state index contributed by atoms with van der Waals surface area (Å²) in [5.74, 6) is 1.15. The van der Waals surface area contributed by atoms with Crippen LogP contribution in [0.25, 0.3) is 11.4 Å². The van der Waals surface area contributed by atoms with Gasteiger partial charge in [0.05, 0.1) is 29.6 Å². The summed E-state index contributed by atoms with van der Waals surface area (Å²) in [7, 11) is -2.91. The van der Waals surface area contributed by atoms with Gasteiger partial charge in [0.15, 0.2) is 15.7 Å². The molecule has 0 spiro atoms. The third kappa shape index (κ3) is 3.58. The molecule has 1 saturated heterocycles. The molecule has 1 aliphatic rings. The van der Waals surface area contributed by atoms with Crippen molar-refractivity contribution in [1.29, 1.82) is 0 Å². The Morgan fingerprint density at radius 2 is 1.81 bits per heavy atom. The van der Waals surface area contributed by atoms with Crippen molar-refractivity contribution in [1.82, 2.24) is 9.97 Å². The van der Waals surface area contributed by atoms with Crippen LogP contribution >= 0.6 is 0 Å². The Balaban J connectivity index is 1.70. The quantitative estimate of drug-likeness (QED) is 0.940. The van der Waals surface area contributed by atoms with E-state index in [-0.39, 0.29) is 11.8 Å². The zero-order chi connectivity index (χ0) is 14.7. The minimum absolute atomic E-state index is 0.0464. The molecule has 1 fully saturated rings. The van der Waals surface area contributed by atoms with Gasteiger partial charge in [0, 0.05) is 11.6 Å². The minimum Gasteiger partial charge on any atom is -0.379 e. The van der Waals surface area contributed by atoms with Gasteiger partial charge in [-0.05, 0) is 12.8 Å². The normalized spacial score (nSPS) is 20.9. The molecule has 1 unspecified atom stereocenters. The van der Waals surface area contributed by atoms with Crippen molar-refractivity contribution in [2.45, 2.75) is 18.9 Å². The molecule has 1 aromatic heterocycles. The highest BCUT2D eigenvalue weighted by Gasteiger charge is 2.24. The van der Waals surface area contributed by atoms with Crippen LogP contribution in [0.15, 0.2) is 42.7 Å². The molecule has 1 atom stereocenters. The van der Waals surface area contributed by atoms with Crippen LogP contribution in [0.2, 0.25) is 0 Å². The first kappa shape index (κ1) is 14.0. The SMILES string of the molecule is O=S1(=O)CCCC(Nc2cnc(-c3ccccc3)nc2)C1. The molecule has 3 rings (SSSR count). The van der Waals surface area contributed by atoms with E-state index < -0.39 is 9.84 Å². The van der Waals surface area contributed by atoms with E-state index in [1.54, 1.807) is 12.4 Å². The maximum Gasteiger partial charge on any atom is 0.159 e. The van der Waals surface area contributed by atoms with Crippen molar-refractivity contribution in [2.24, 2.45) is 0 Å². The summed E-state index contributed by atoms with van der Waals surface area (Å²) in [6.45, 7) is 0. The fraction of sp³-hybridized carbons (Fsp3) is 0.333. The molecule has 110 valence electrons. The highest BCUT2D eigenvalue weighted by molar-refractivity contribution is 7.91. The molecule has 1 aliphatic heterocycles. The van der Waals surface area contributed by atoms with E-state index in [1.807, 2.05) is 30.3 Å². The second-order valence-electron chi connectivity index (χ2n) is 5.26. The number of benzene rings is 1. The summed E-state index contributed by atoms with van der Waals surface area (Å²) < 4.78 is 23.2. The summed E-state index contributed by atoms with van der Waals surface area (Å²) >= 11 is 0. The monoisotopic (exact) mass is 303 g/mol. The second-order valence-corrected chi connectivity index (χ2v) is 7.49. The van der Waals surface area contributed by atoms with E-state index >= 15 is 0 Å². The van der Waals surface area contributed by atoms with E-state index in [9.17, 15) is 8.42 Å². The Labute approximate surface area is 124 Å². The zero-order valence-corrected chi connectivity index (χ0v) is 12.4. The van der Waals surface area contributed by atoms with E-state index in [4.69, 9.17) is 0 Å². The highest BCUT2D eigenvalue weighted by Crippen LogP contribution is 2.18. The largest absolute Gasteiger partial charge is 0.379 e. The topological polar surface area (TPSA) is 72.0 Å². The lowest BCUT2D eigenvalue weighted by molar-refractivity contribution is 0.562. The first-order valence-corrected chi connectivity index (χ1v) is 8.79. The molecule has 0 aliphatic carbocycles. The van der Waals surface area contributed by atoms with Crippen LogP contribution in [-0.4, -0.2) is 35.9 Å². The molecular formula is C15H17N3O2S. The van der Waals surface area contributed by atoms with Gasteiger partial charge in [-0.2, -0.15) is 0 Å². The third-order valence-electron chi connectivity index (χ3n) is 3.52. The van der Waals surface area contributed by atoms with Crippen LogP contribution in [0.1, 0.15) is 12.8 Å². The van der Waals surface area contributed by atoms with Crippen LogP contribution in [-0.2, 0) is 9.84 Å². The fourth-order valence-electron chi connectivity index (χ4n) is 2.51. The lowest BCUT2D eigenvalue weighted by Crippen LogP contribution is -2.34. The molecule has 0 bridgehead atoms. The molecule has 0 saturated carbocycles. The number of rotatable bonds is 3. The van der Waals surface area contributed by atoms with Gasteiger partial charge in [0.2, 0.25) is 0 Å². The number of anilines is 1. The smallest absolute Gasteiger partial charge is 0.159 e. The average molecular weight is 303 g/mol. The molecule has 0 amide bonds. The average Bonchev–Trinajstić information content (AvgIpc) is 2.48. The molecule has 1 aromatic carbocycles. The first-order valence-electron chi connectivity index (χ1n) is 6.97. The summed E-state index contributed by atoms with van der Waals surface area (Å²) in [4.78, 5) is 8.66. The Kier molecular flexibility index (Phi) is 3.88. The Morgan fingerprint density at radius 1 is 1.10 bits per heavy atom. The molecule has 21 heavy (non-hydrogen) atoms. The summed E-state index contributed by atoms with van der Waals surface area (Å²) in [5.41, 5.74) is 1.72. The van der Waals surface area contributed by atoms with E-state index in [2.05, 4.69) is 15.3 Å². The van der Waals surface area contributed by atoms with Gasteiger partial charge in [-0.3, -0.25) is 0 Å². The number of sulfone groups is 1. The molecule has 2 aromatic rings.